The third kappa shape index (κ3) is 3.35. The maximum Gasteiger partial charge on any atom is 0.224 e. The second-order valence-corrected chi connectivity index (χ2v) is 4.58. The predicted octanol–water partition coefficient (Wildman–Crippen LogP) is 3.87. The van der Waals surface area contributed by atoms with Gasteiger partial charge in [-0.25, -0.2) is 4.98 Å². The molecule has 0 saturated heterocycles. The summed E-state index contributed by atoms with van der Waals surface area (Å²) in [6.07, 6.45) is 3.70. The zero-order valence-corrected chi connectivity index (χ0v) is 11.8. The van der Waals surface area contributed by atoms with Crippen molar-refractivity contribution in [2.45, 2.75) is 19.8 Å². The van der Waals surface area contributed by atoms with Crippen molar-refractivity contribution in [3.63, 3.8) is 0 Å². The molecule has 0 atom stereocenters. The van der Waals surface area contributed by atoms with Crippen molar-refractivity contribution < 1.29 is 0 Å². The van der Waals surface area contributed by atoms with Crippen molar-refractivity contribution in [1.82, 2.24) is 9.97 Å². The normalized spacial score (nSPS) is 10.3. The number of halogens is 1. The van der Waals surface area contributed by atoms with Crippen molar-refractivity contribution in [2.75, 3.05) is 17.7 Å². The van der Waals surface area contributed by atoms with E-state index in [-0.39, 0.29) is 0 Å². The molecule has 2 rings (SSSR count). The smallest absolute Gasteiger partial charge is 0.224 e. The Hall–Kier alpha value is -1.81. The summed E-state index contributed by atoms with van der Waals surface area (Å²) >= 11 is 6.12. The van der Waals surface area contributed by atoms with Gasteiger partial charge in [-0.15, -0.1) is 0 Å². The lowest BCUT2D eigenvalue weighted by atomic mass is 10.1. The average molecular weight is 277 g/mol. The Morgan fingerprint density at radius 2 is 2.05 bits per heavy atom. The molecule has 1 aromatic heterocycles. The predicted molar refractivity (Wildman–Crippen MR) is 80.3 cm³/mol. The molecule has 4 nitrogen and oxygen atoms in total. The van der Waals surface area contributed by atoms with Gasteiger partial charge in [-0.2, -0.15) is 4.98 Å². The van der Waals surface area contributed by atoms with Crippen LogP contribution in [0.25, 0.3) is 0 Å². The van der Waals surface area contributed by atoms with Crippen LogP contribution >= 0.6 is 11.6 Å². The third-order valence-corrected chi connectivity index (χ3v) is 3.03. The lowest BCUT2D eigenvalue weighted by molar-refractivity contribution is 0.923. The number of nitrogens with zero attached hydrogens (tertiary/aromatic N) is 2. The summed E-state index contributed by atoms with van der Waals surface area (Å²) in [5.41, 5.74) is 2.29. The van der Waals surface area contributed by atoms with Crippen molar-refractivity contribution in [1.29, 1.82) is 0 Å². The largest absolute Gasteiger partial charge is 0.357 e. The first-order valence-corrected chi connectivity index (χ1v) is 6.67. The molecule has 1 heterocycles. The van der Waals surface area contributed by atoms with Crippen molar-refractivity contribution >= 4 is 29.1 Å². The Kier molecular flexibility index (Phi) is 4.58. The Bertz CT molecular complexity index is 557. The van der Waals surface area contributed by atoms with Crippen LogP contribution in [0.4, 0.5) is 17.5 Å². The number of hydrogen-bond acceptors (Lipinski definition) is 4. The summed E-state index contributed by atoms with van der Waals surface area (Å²) in [5.74, 6) is 1.16. The van der Waals surface area contributed by atoms with Crippen LogP contribution in [0.5, 0.6) is 0 Å². The first-order chi connectivity index (χ1) is 9.24. The van der Waals surface area contributed by atoms with Gasteiger partial charge >= 0.3 is 0 Å². The Morgan fingerprint density at radius 3 is 2.79 bits per heavy atom. The van der Waals surface area contributed by atoms with Gasteiger partial charge in [0.1, 0.15) is 5.02 Å². The van der Waals surface area contributed by atoms with Crippen molar-refractivity contribution in [3.05, 3.63) is 41.0 Å². The van der Waals surface area contributed by atoms with Gasteiger partial charge in [0.15, 0.2) is 5.82 Å². The molecular weight excluding hydrogens is 260 g/mol. The summed E-state index contributed by atoms with van der Waals surface area (Å²) < 4.78 is 0. The number of rotatable bonds is 5. The van der Waals surface area contributed by atoms with Gasteiger partial charge in [-0.1, -0.05) is 43.1 Å². The van der Waals surface area contributed by atoms with E-state index in [1.807, 2.05) is 18.2 Å². The van der Waals surface area contributed by atoms with Crippen LogP contribution in [-0.2, 0) is 6.42 Å². The van der Waals surface area contributed by atoms with Gasteiger partial charge in [-0.05, 0) is 18.1 Å². The topological polar surface area (TPSA) is 49.8 Å². The van der Waals surface area contributed by atoms with Crippen LogP contribution < -0.4 is 10.6 Å². The molecule has 0 spiro atoms. The minimum Gasteiger partial charge on any atom is -0.357 e. The molecule has 0 radical (unpaired) electrons. The highest BCUT2D eigenvalue weighted by Crippen LogP contribution is 2.26. The zero-order chi connectivity index (χ0) is 13.7. The van der Waals surface area contributed by atoms with Crippen molar-refractivity contribution in [3.8, 4) is 0 Å². The summed E-state index contributed by atoms with van der Waals surface area (Å²) in [4.78, 5) is 8.39. The number of anilines is 3. The fourth-order valence-electron chi connectivity index (χ4n) is 1.83. The minimum absolute atomic E-state index is 0.505. The number of para-hydroxylation sites is 1. The van der Waals surface area contributed by atoms with E-state index < -0.39 is 0 Å². The minimum atomic E-state index is 0.505. The molecule has 0 unspecified atom stereocenters. The van der Waals surface area contributed by atoms with Crippen molar-refractivity contribution in [2.24, 2.45) is 0 Å². The molecule has 0 bridgehead atoms. The zero-order valence-electron chi connectivity index (χ0n) is 11.1. The Morgan fingerprint density at radius 1 is 1.26 bits per heavy atom. The second-order valence-electron chi connectivity index (χ2n) is 4.17. The first kappa shape index (κ1) is 13.6. The van der Waals surface area contributed by atoms with Crippen LogP contribution in [0.15, 0.2) is 30.5 Å². The maximum absolute atomic E-state index is 6.12. The molecule has 2 N–H and O–H groups in total. The second kappa shape index (κ2) is 6.38. The fraction of sp³-hybridized carbons (Fsp3) is 0.286. The van der Waals surface area contributed by atoms with Gasteiger partial charge in [0.05, 0.1) is 6.20 Å². The van der Waals surface area contributed by atoms with E-state index in [1.54, 1.807) is 13.2 Å². The van der Waals surface area contributed by atoms with Gasteiger partial charge in [0.2, 0.25) is 5.95 Å². The number of aryl methyl sites for hydroxylation is 1. The van der Waals surface area contributed by atoms with Gasteiger partial charge in [0, 0.05) is 12.7 Å². The Balaban J connectivity index is 2.30. The standard InChI is InChI=1S/C14H17ClN4/c1-3-6-10-7-4-5-8-12(10)18-13-11(15)9-17-14(16-2)19-13/h4-5,7-9H,3,6H2,1-2H3,(H2,16,17,18,19). The highest BCUT2D eigenvalue weighted by Gasteiger charge is 2.07. The van der Waals surface area contributed by atoms with Gasteiger partial charge in [-0.3, -0.25) is 0 Å². The maximum atomic E-state index is 6.12. The average Bonchev–Trinajstić information content (AvgIpc) is 2.43. The molecule has 100 valence electrons. The molecule has 5 heteroatoms. The van der Waals surface area contributed by atoms with E-state index in [9.17, 15) is 0 Å². The molecule has 0 aliphatic heterocycles. The Labute approximate surface area is 118 Å². The summed E-state index contributed by atoms with van der Waals surface area (Å²) in [5, 5.41) is 6.68. The van der Waals surface area contributed by atoms with Gasteiger partial charge in [0.25, 0.3) is 0 Å². The number of benzene rings is 1. The lowest BCUT2D eigenvalue weighted by Gasteiger charge is -2.12. The van der Waals surface area contributed by atoms with E-state index in [2.05, 4.69) is 33.6 Å². The van der Waals surface area contributed by atoms with Crippen LogP contribution in [0, 0.1) is 0 Å². The molecule has 1 aromatic carbocycles. The van der Waals surface area contributed by atoms with E-state index in [4.69, 9.17) is 11.6 Å². The van der Waals surface area contributed by atoms with E-state index in [0.717, 1.165) is 18.5 Å². The fourth-order valence-corrected chi connectivity index (χ4v) is 1.97. The molecule has 0 fully saturated rings. The van der Waals surface area contributed by atoms with Gasteiger partial charge < -0.3 is 10.6 Å². The molecule has 2 aromatic rings. The quantitative estimate of drug-likeness (QED) is 0.870. The van der Waals surface area contributed by atoms with Crippen LogP contribution in [0.2, 0.25) is 5.02 Å². The molecule has 0 amide bonds. The van der Waals surface area contributed by atoms with E-state index >= 15 is 0 Å². The number of nitrogens with one attached hydrogen (secondary N) is 2. The molecule has 0 aliphatic carbocycles. The highest BCUT2D eigenvalue weighted by atomic mass is 35.5. The molecule has 0 saturated carbocycles. The molecule has 0 aliphatic rings. The van der Waals surface area contributed by atoms with E-state index in [0.29, 0.717) is 16.8 Å². The molecule has 19 heavy (non-hydrogen) atoms. The van der Waals surface area contributed by atoms with Crippen LogP contribution in [0.3, 0.4) is 0 Å². The van der Waals surface area contributed by atoms with E-state index in [1.165, 1.54) is 5.56 Å². The van der Waals surface area contributed by atoms with Crippen LogP contribution in [-0.4, -0.2) is 17.0 Å². The summed E-state index contributed by atoms with van der Waals surface area (Å²) in [6.45, 7) is 2.16. The SMILES string of the molecule is CCCc1ccccc1Nc1nc(NC)ncc1Cl. The monoisotopic (exact) mass is 276 g/mol. The molecular formula is C14H17ClN4. The summed E-state index contributed by atoms with van der Waals surface area (Å²) in [6, 6.07) is 8.18. The highest BCUT2D eigenvalue weighted by molar-refractivity contribution is 6.32. The van der Waals surface area contributed by atoms with Crippen LogP contribution in [0.1, 0.15) is 18.9 Å². The first-order valence-electron chi connectivity index (χ1n) is 6.29. The lowest BCUT2D eigenvalue weighted by Crippen LogP contribution is -2.02. The number of hydrogen-bond donors (Lipinski definition) is 2. The summed E-state index contributed by atoms with van der Waals surface area (Å²) in [7, 11) is 1.78. The third-order valence-electron chi connectivity index (χ3n) is 2.76. The number of aromatic nitrogens is 2.